The Morgan fingerprint density at radius 3 is 3.10 bits per heavy atom. The summed E-state index contributed by atoms with van der Waals surface area (Å²) in [6, 6.07) is -0.481. The number of thioether (sulfide) groups is 1. The molecule has 1 fully saturated rings. The lowest BCUT2D eigenvalue weighted by Gasteiger charge is -2.32. The first-order valence-corrected chi connectivity index (χ1v) is 8.26. The van der Waals surface area contributed by atoms with E-state index in [1.807, 2.05) is 13.8 Å². The number of imidazole rings is 1. The zero-order valence-corrected chi connectivity index (χ0v) is 13.1. The zero-order chi connectivity index (χ0) is 15.0. The van der Waals surface area contributed by atoms with Gasteiger partial charge in [-0.05, 0) is 26.7 Å². The van der Waals surface area contributed by atoms with E-state index in [0.29, 0.717) is 5.75 Å². The molecule has 0 saturated carbocycles. The van der Waals surface area contributed by atoms with Crippen molar-refractivity contribution in [3.8, 4) is 0 Å². The van der Waals surface area contributed by atoms with Gasteiger partial charge in [-0.1, -0.05) is 0 Å². The Labute approximate surface area is 128 Å². The average molecular weight is 308 g/mol. The van der Waals surface area contributed by atoms with Crippen LogP contribution in [0.15, 0.2) is 6.20 Å². The average Bonchev–Trinajstić information content (AvgIpc) is 2.85. The first kappa shape index (κ1) is 14.4. The van der Waals surface area contributed by atoms with Crippen molar-refractivity contribution >= 4 is 29.4 Å². The molecule has 21 heavy (non-hydrogen) atoms. The number of aryl methyl sites for hydroxylation is 1. The number of rotatable bonds is 2. The minimum Gasteiger partial charge on any atom is -0.342 e. The summed E-state index contributed by atoms with van der Waals surface area (Å²) in [5.74, 6) is 2.10. The molecule has 2 amide bonds. The highest BCUT2D eigenvalue weighted by molar-refractivity contribution is 8.01. The van der Waals surface area contributed by atoms with Crippen LogP contribution >= 0.6 is 11.8 Å². The Bertz CT molecular complexity index is 582. The molecule has 1 aromatic heterocycles. The molecule has 2 N–H and O–H groups in total. The van der Waals surface area contributed by atoms with Crippen molar-refractivity contribution in [3.63, 3.8) is 0 Å². The first-order valence-electron chi connectivity index (χ1n) is 7.27. The lowest BCUT2D eigenvalue weighted by atomic mass is 10.1. The normalized spacial score (nSPS) is 24.1. The van der Waals surface area contributed by atoms with Gasteiger partial charge in [-0.2, -0.15) is 0 Å². The number of carbonyl (C=O) groups is 2. The van der Waals surface area contributed by atoms with Crippen LogP contribution in [-0.4, -0.2) is 37.9 Å². The van der Waals surface area contributed by atoms with Gasteiger partial charge < -0.3 is 15.2 Å². The van der Waals surface area contributed by atoms with Crippen LogP contribution in [0, 0.1) is 0 Å². The van der Waals surface area contributed by atoms with Gasteiger partial charge in [-0.3, -0.25) is 9.59 Å². The third-order valence-corrected chi connectivity index (χ3v) is 5.41. The van der Waals surface area contributed by atoms with Crippen molar-refractivity contribution in [1.29, 1.82) is 0 Å². The maximum atomic E-state index is 12.3. The van der Waals surface area contributed by atoms with Crippen LogP contribution in [0.4, 0.5) is 5.82 Å². The summed E-state index contributed by atoms with van der Waals surface area (Å²) in [6.07, 6.45) is 4.92. The maximum absolute atomic E-state index is 12.3. The van der Waals surface area contributed by atoms with Crippen LogP contribution in [0.2, 0.25) is 0 Å². The molecule has 3 heterocycles. The van der Waals surface area contributed by atoms with Gasteiger partial charge in [0, 0.05) is 18.7 Å². The number of carbonyl (C=O) groups excluding carboxylic acids is 2. The second-order valence-corrected chi connectivity index (χ2v) is 7.65. The van der Waals surface area contributed by atoms with Crippen molar-refractivity contribution in [3.05, 3.63) is 12.0 Å². The molecule has 1 saturated heterocycles. The van der Waals surface area contributed by atoms with Gasteiger partial charge in [0.2, 0.25) is 11.8 Å². The van der Waals surface area contributed by atoms with Gasteiger partial charge in [0.05, 0.1) is 10.9 Å². The number of nitrogens with one attached hydrogen (secondary N) is 2. The van der Waals surface area contributed by atoms with Crippen molar-refractivity contribution < 1.29 is 9.59 Å². The van der Waals surface area contributed by atoms with Crippen LogP contribution in [-0.2, 0) is 22.6 Å². The SMILES string of the molecule is CC1(C)SC[C@H](C(=O)Nc2cnc3n2CCCC3)NC1=O. The van der Waals surface area contributed by atoms with E-state index < -0.39 is 10.8 Å². The molecular weight excluding hydrogens is 288 g/mol. The molecule has 0 aromatic carbocycles. The van der Waals surface area contributed by atoms with E-state index in [9.17, 15) is 9.59 Å². The van der Waals surface area contributed by atoms with Crippen LogP contribution in [0.25, 0.3) is 0 Å². The summed E-state index contributed by atoms with van der Waals surface area (Å²) in [7, 11) is 0. The minimum absolute atomic E-state index is 0.0887. The maximum Gasteiger partial charge on any atom is 0.248 e. The smallest absolute Gasteiger partial charge is 0.248 e. The molecule has 0 spiro atoms. The number of fused-ring (bicyclic) bond motifs is 1. The second kappa shape index (κ2) is 5.36. The molecule has 0 radical (unpaired) electrons. The predicted molar refractivity (Wildman–Crippen MR) is 82.3 cm³/mol. The molecular formula is C14H20N4O2S. The summed E-state index contributed by atoms with van der Waals surface area (Å²) in [5.41, 5.74) is 0. The fourth-order valence-corrected chi connectivity index (χ4v) is 3.61. The van der Waals surface area contributed by atoms with E-state index in [4.69, 9.17) is 0 Å². The number of aromatic nitrogens is 2. The van der Waals surface area contributed by atoms with Gasteiger partial charge in [0.1, 0.15) is 17.7 Å². The fourth-order valence-electron chi connectivity index (χ4n) is 2.60. The Kier molecular flexibility index (Phi) is 3.69. The van der Waals surface area contributed by atoms with Gasteiger partial charge >= 0.3 is 0 Å². The molecule has 1 atom stereocenters. The third kappa shape index (κ3) is 2.79. The zero-order valence-electron chi connectivity index (χ0n) is 12.3. The molecule has 0 aliphatic carbocycles. The van der Waals surface area contributed by atoms with E-state index in [1.165, 1.54) is 11.8 Å². The molecule has 6 nitrogen and oxygen atoms in total. The van der Waals surface area contributed by atoms with E-state index in [-0.39, 0.29) is 11.8 Å². The van der Waals surface area contributed by atoms with Crippen molar-refractivity contribution in [1.82, 2.24) is 14.9 Å². The summed E-state index contributed by atoms with van der Waals surface area (Å²) < 4.78 is 1.59. The van der Waals surface area contributed by atoms with Crippen LogP contribution in [0.1, 0.15) is 32.5 Å². The molecule has 0 unspecified atom stereocenters. The second-order valence-electron chi connectivity index (χ2n) is 6.01. The molecule has 0 bridgehead atoms. The first-order chi connectivity index (χ1) is 9.97. The monoisotopic (exact) mass is 308 g/mol. The van der Waals surface area contributed by atoms with E-state index in [2.05, 4.69) is 20.2 Å². The van der Waals surface area contributed by atoms with Crippen LogP contribution < -0.4 is 10.6 Å². The lowest BCUT2D eigenvalue weighted by molar-refractivity contribution is -0.127. The van der Waals surface area contributed by atoms with Crippen LogP contribution in [0.5, 0.6) is 0 Å². The molecule has 2 aliphatic heterocycles. The van der Waals surface area contributed by atoms with Crippen molar-refractivity contribution in [2.75, 3.05) is 11.1 Å². The molecule has 114 valence electrons. The number of hydrogen-bond acceptors (Lipinski definition) is 4. The van der Waals surface area contributed by atoms with Gasteiger partial charge in [0.15, 0.2) is 0 Å². The Morgan fingerprint density at radius 1 is 1.52 bits per heavy atom. The van der Waals surface area contributed by atoms with E-state index >= 15 is 0 Å². The predicted octanol–water partition coefficient (Wildman–Crippen LogP) is 1.17. The summed E-state index contributed by atoms with van der Waals surface area (Å²) in [5, 5.41) is 5.70. The molecule has 7 heteroatoms. The molecule has 1 aromatic rings. The van der Waals surface area contributed by atoms with Crippen LogP contribution in [0.3, 0.4) is 0 Å². The van der Waals surface area contributed by atoms with Crippen molar-refractivity contribution in [2.45, 2.75) is 50.4 Å². The number of nitrogens with zero attached hydrogens (tertiary/aromatic N) is 2. The quantitative estimate of drug-likeness (QED) is 0.860. The lowest BCUT2D eigenvalue weighted by Crippen LogP contribution is -2.55. The summed E-state index contributed by atoms with van der Waals surface area (Å²) in [6.45, 7) is 4.63. The fraction of sp³-hybridized carbons (Fsp3) is 0.643. The van der Waals surface area contributed by atoms with Gasteiger partial charge in [-0.15, -0.1) is 11.8 Å². The topological polar surface area (TPSA) is 76.0 Å². The minimum atomic E-state index is -0.481. The third-order valence-electron chi connectivity index (χ3n) is 4.00. The van der Waals surface area contributed by atoms with E-state index in [1.54, 1.807) is 6.20 Å². The number of amides is 2. The number of anilines is 1. The Balaban J connectivity index is 1.67. The largest absolute Gasteiger partial charge is 0.342 e. The van der Waals surface area contributed by atoms with Crippen molar-refractivity contribution in [2.24, 2.45) is 0 Å². The molecule has 3 rings (SSSR count). The standard InChI is InChI=1S/C14H20N4O2S/c1-14(2)13(20)16-9(8-21-14)12(19)17-11-7-15-10-5-3-4-6-18(10)11/h7,9H,3-6,8H2,1-2H3,(H,16,20)(H,17,19)/t9-/m1/s1. The highest BCUT2D eigenvalue weighted by Gasteiger charge is 2.38. The molecule has 2 aliphatic rings. The highest BCUT2D eigenvalue weighted by atomic mass is 32.2. The Morgan fingerprint density at radius 2 is 2.33 bits per heavy atom. The van der Waals surface area contributed by atoms with Gasteiger partial charge in [0.25, 0.3) is 0 Å². The highest BCUT2D eigenvalue weighted by Crippen LogP contribution is 2.29. The Hall–Kier alpha value is -1.50. The number of hydrogen-bond donors (Lipinski definition) is 2. The van der Waals surface area contributed by atoms with E-state index in [0.717, 1.165) is 37.4 Å². The summed E-state index contributed by atoms with van der Waals surface area (Å²) in [4.78, 5) is 28.6. The summed E-state index contributed by atoms with van der Waals surface area (Å²) >= 11 is 1.51. The van der Waals surface area contributed by atoms with Gasteiger partial charge in [-0.25, -0.2) is 4.98 Å².